The Morgan fingerprint density at radius 3 is 2.92 bits per heavy atom. The van der Waals surface area contributed by atoms with Crippen molar-refractivity contribution >= 4 is 23.7 Å². The van der Waals surface area contributed by atoms with Gasteiger partial charge in [-0.3, -0.25) is 4.79 Å². The van der Waals surface area contributed by atoms with E-state index in [9.17, 15) is 4.79 Å². The minimum Gasteiger partial charge on any atom is -0.454 e. The fourth-order valence-corrected chi connectivity index (χ4v) is 3.38. The minimum atomic E-state index is -0.0887. The Hall–Kier alpha value is -2.40. The minimum absolute atomic E-state index is 0.0887. The number of carbonyl (C=O) groups excluding carboxylic acids is 1. The van der Waals surface area contributed by atoms with Gasteiger partial charge in [0.15, 0.2) is 11.5 Å². The molecule has 0 bridgehead atoms. The molecule has 0 saturated heterocycles. The van der Waals surface area contributed by atoms with Crippen molar-refractivity contribution in [2.24, 2.45) is 0 Å². The highest BCUT2D eigenvalue weighted by Gasteiger charge is 2.12. The summed E-state index contributed by atoms with van der Waals surface area (Å²) in [6, 6.07) is 14.0. The topological polar surface area (TPSA) is 47.6 Å². The first kappa shape index (κ1) is 17.4. The van der Waals surface area contributed by atoms with Gasteiger partial charge < -0.3 is 14.8 Å². The molecule has 1 aliphatic rings. The summed E-state index contributed by atoms with van der Waals surface area (Å²) in [5.74, 6) is 3.23. The Kier molecular flexibility index (Phi) is 6.01. The third-order valence-electron chi connectivity index (χ3n) is 3.89. The van der Waals surface area contributed by atoms with Crippen molar-refractivity contribution < 1.29 is 14.3 Å². The van der Waals surface area contributed by atoms with Crippen LogP contribution in [0.15, 0.2) is 48.5 Å². The molecule has 0 saturated carbocycles. The number of rotatable bonds is 7. The van der Waals surface area contributed by atoms with Crippen LogP contribution in [0, 0.1) is 6.92 Å². The summed E-state index contributed by atoms with van der Waals surface area (Å²) >= 11 is 1.82. The number of hydrogen-bond donors (Lipinski definition) is 1. The molecule has 4 nitrogen and oxygen atoms in total. The van der Waals surface area contributed by atoms with E-state index in [0.29, 0.717) is 6.54 Å². The lowest BCUT2D eigenvalue weighted by Gasteiger charge is -2.05. The van der Waals surface area contributed by atoms with E-state index in [1.165, 1.54) is 11.1 Å². The van der Waals surface area contributed by atoms with Gasteiger partial charge >= 0.3 is 0 Å². The molecule has 0 unspecified atom stereocenters. The van der Waals surface area contributed by atoms with Crippen LogP contribution in [0.4, 0.5) is 0 Å². The highest BCUT2D eigenvalue weighted by Crippen LogP contribution is 2.32. The number of amides is 1. The van der Waals surface area contributed by atoms with Crippen LogP contribution in [0.5, 0.6) is 11.5 Å². The van der Waals surface area contributed by atoms with Gasteiger partial charge in [-0.05, 0) is 41.8 Å². The van der Waals surface area contributed by atoms with Crippen molar-refractivity contribution in [3.05, 3.63) is 65.2 Å². The number of carbonyl (C=O) groups is 1. The highest BCUT2D eigenvalue weighted by atomic mass is 32.2. The maximum Gasteiger partial charge on any atom is 0.244 e. The average molecular weight is 355 g/mol. The molecule has 1 amide bonds. The molecule has 0 aromatic heterocycles. The summed E-state index contributed by atoms with van der Waals surface area (Å²) < 4.78 is 10.6. The quantitative estimate of drug-likeness (QED) is 0.606. The lowest BCUT2D eigenvalue weighted by molar-refractivity contribution is -0.116. The van der Waals surface area contributed by atoms with Gasteiger partial charge in [0.05, 0.1) is 0 Å². The average Bonchev–Trinajstić information content (AvgIpc) is 3.09. The molecule has 0 radical (unpaired) electrons. The van der Waals surface area contributed by atoms with E-state index in [1.54, 1.807) is 12.2 Å². The largest absolute Gasteiger partial charge is 0.454 e. The predicted molar refractivity (Wildman–Crippen MR) is 102 cm³/mol. The molecule has 1 aliphatic heterocycles. The molecule has 0 fully saturated rings. The zero-order valence-corrected chi connectivity index (χ0v) is 15.0. The normalized spacial score (nSPS) is 12.5. The van der Waals surface area contributed by atoms with Crippen molar-refractivity contribution in [1.82, 2.24) is 5.32 Å². The molecule has 0 aliphatic carbocycles. The molecule has 0 spiro atoms. The Labute approximate surface area is 152 Å². The lowest BCUT2D eigenvalue weighted by atomic mass is 10.1. The molecule has 25 heavy (non-hydrogen) atoms. The Bertz CT molecular complexity index is 773. The SMILES string of the molecule is Cc1ccccc1CSCCNC(=O)/C=C/c1ccc2c(c1)OCO2. The van der Waals surface area contributed by atoms with E-state index in [-0.39, 0.29) is 12.7 Å². The van der Waals surface area contributed by atoms with Crippen LogP contribution in [0.1, 0.15) is 16.7 Å². The van der Waals surface area contributed by atoms with Gasteiger partial charge in [0.1, 0.15) is 0 Å². The van der Waals surface area contributed by atoms with Crippen LogP contribution in [0.2, 0.25) is 0 Å². The Balaban J connectivity index is 1.37. The lowest BCUT2D eigenvalue weighted by Crippen LogP contribution is -2.23. The van der Waals surface area contributed by atoms with Crippen molar-refractivity contribution in [2.45, 2.75) is 12.7 Å². The second kappa shape index (κ2) is 8.62. The van der Waals surface area contributed by atoms with Gasteiger partial charge in [-0.25, -0.2) is 0 Å². The second-order valence-corrected chi connectivity index (χ2v) is 6.82. The van der Waals surface area contributed by atoms with Crippen LogP contribution < -0.4 is 14.8 Å². The van der Waals surface area contributed by atoms with Gasteiger partial charge in [0, 0.05) is 24.1 Å². The highest BCUT2D eigenvalue weighted by molar-refractivity contribution is 7.98. The molecule has 1 heterocycles. The van der Waals surface area contributed by atoms with Gasteiger partial charge in [-0.2, -0.15) is 11.8 Å². The van der Waals surface area contributed by atoms with E-state index >= 15 is 0 Å². The summed E-state index contributed by atoms with van der Waals surface area (Å²) in [5.41, 5.74) is 3.57. The monoisotopic (exact) mass is 355 g/mol. The van der Waals surface area contributed by atoms with E-state index in [0.717, 1.165) is 28.6 Å². The Morgan fingerprint density at radius 2 is 2.04 bits per heavy atom. The molecular weight excluding hydrogens is 334 g/mol. The molecule has 1 N–H and O–H groups in total. The predicted octanol–water partition coefficient (Wildman–Crippen LogP) is 3.79. The van der Waals surface area contributed by atoms with Crippen LogP contribution in [-0.2, 0) is 10.5 Å². The fourth-order valence-electron chi connectivity index (χ4n) is 2.45. The van der Waals surface area contributed by atoms with Crippen molar-refractivity contribution in [1.29, 1.82) is 0 Å². The van der Waals surface area contributed by atoms with Crippen LogP contribution in [0.25, 0.3) is 6.08 Å². The van der Waals surface area contributed by atoms with Crippen LogP contribution in [-0.4, -0.2) is 25.0 Å². The molecular formula is C20H21NO3S. The van der Waals surface area contributed by atoms with Crippen molar-refractivity contribution in [3.8, 4) is 11.5 Å². The second-order valence-electron chi connectivity index (χ2n) is 5.72. The van der Waals surface area contributed by atoms with E-state index < -0.39 is 0 Å². The zero-order chi connectivity index (χ0) is 17.5. The number of fused-ring (bicyclic) bond motifs is 1. The van der Waals surface area contributed by atoms with E-state index in [1.807, 2.05) is 30.0 Å². The van der Waals surface area contributed by atoms with Crippen molar-refractivity contribution in [2.75, 3.05) is 19.1 Å². The third kappa shape index (κ3) is 5.03. The van der Waals surface area contributed by atoms with E-state index in [2.05, 4.69) is 36.5 Å². The molecule has 5 heteroatoms. The van der Waals surface area contributed by atoms with Crippen LogP contribution in [0.3, 0.4) is 0 Å². The standard InChI is InChI=1S/C20H21NO3S/c1-15-4-2-3-5-17(15)13-25-11-10-21-20(22)9-7-16-6-8-18-19(12-16)24-14-23-18/h2-9,12H,10-11,13-14H2,1H3,(H,21,22)/b9-7+. The third-order valence-corrected chi connectivity index (χ3v) is 4.90. The zero-order valence-electron chi connectivity index (χ0n) is 14.2. The molecule has 2 aromatic rings. The number of aryl methyl sites for hydroxylation is 1. The maximum atomic E-state index is 11.9. The maximum absolute atomic E-state index is 11.9. The summed E-state index contributed by atoms with van der Waals surface area (Å²) in [7, 11) is 0. The molecule has 3 rings (SSSR count). The Morgan fingerprint density at radius 1 is 1.20 bits per heavy atom. The number of nitrogens with one attached hydrogen (secondary N) is 1. The van der Waals surface area contributed by atoms with Crippen LogP contribution >= 0.6 is 11.8 Å². The van der Waals surface area contributed by atoms with Gasteiger partial charge in [0.2, 0.25) is 12.7 Å². The number of ether oxygens (including phenoxy) is 2. The summed E-state index contributed by atoms with van der Waals surface area (Å²) in [6.07, 6.45) is 3.32. The summed E-state index contributed by atoms with van der Waals surface area (Å²) in [4.78, 5) is 11.9. The fraction of sp³-hybridized carbons (Fsp3) is 0.250. The first-order valence-corrected chi connectivity index (χ1v) is 9.35. The number of benzene rings is 2. The smallest absolute Gasteiger partial charge is 0.244 e. The number of hydrogen-bond acceptors (Lipinski definition) is 4. The molecule has 0 atom stereocenters. The van der Waals surface area contributed by atoms with Crippen molar-refractivity contribution in [3.63, 3.8) is 0 Å². The first-order chi connectivity index (χ1) is 12.2. The first-order valence-electron chi connectivity index (χ1n) is 8.20. The number of thioether (sulfide) groups is 1. The summed E-state index contributed by atoms with van der Waals surface area (Å²) in [6.45, 7) is 3.03. The van der Waals surface area contributed by atoms with Gasteiger partial charge in [0.25, 0.3) is 0 Å². The molecule has 2 aromatic carbocycles. The van der Waals surface area contributed by atoms with E-state index in [4.69, 9.17) is 9.47 Å². The van der Waals surface area contributed by atoms with Gasteiger partial charge in [-0.15, -0.1) is 0 Å². The molecule has 130 valence electrons. The van der Waals surface area contributed by atoms with Gasteiger partial charge in [-0.1, -0.05) is 30.3 Å². The summed E-state index contributed by atoms with van der Waals surface area (Å²) in [5, 5.41) is 2.90.